The first-order chi connectivity index (χ1) is 5.85. The minimum Gasteiger partial charge on any atom is -0.396 e. The fourth-order valence-electron chi connectivity index (χ4n) is 1.52. The number of aliphatic hydroxyl groups excluding tert-OH is 1. The zero-order chi connectivity index (χ0) is 8.44. The van der Waals surface area contributed by atoms with Crippen molar-refractivity contribution in [3.63, 3.8) is 0 Å². The Hall–Kier alpha value is -0.800. The molecule has 2 rings (SSSR count). The summed E-state index contributed by atoms with van der Waals surface area (Å²) >= 11 is 0. The highest BCUT2D eigenvalue weighted by Gasteiger charge is 2.38. The first kappa shape index (κ1) is 7.83. The molecule has 0 amide bonds. The molecule has 0 spiro atoms. The minimum atomic E-state index is -0.00907. The third-order valence-corrected chi connectivity index (χ3v) is 2.38. The van der Waals surface area contributed by atoms with E-state index in [1.165, 1.54) is 5.69 Å². The Balaban J connectivity index is 2.01. The Bertz CT molecular complexity index is 234. The minimum absolute atomic E-state index is 0.00907. The van der Waals surface area contributed by atoms with Gasteiger partial charge in [-0.15, -0.1) is 0 Å². The van der Waals surface area contributed by atoms with E-state index in [0.717, 1.165) is 6.42 Å². The topological polar surface area (TPSA) is 45.2 Å². The molecule has 1 aromatic heterocycles. The Morgan fingerprint density at radius 3 is 2.83 bits per heavy atom. The molecule has 1 saturated heterocycles. The van der Waals surface area contributed by atoms with Gasteiger partial charge in [-0.1, -0.05) is 0 Å². The third kappa shape index (κ3) is 1.26. The van der Waals surface area contributed by atoms with Crippen LogP contribution < -0.4 is 0 Å². The van der Waals surface area contributed by atoms with Crippen molar-refractivity contribution in [1.29, 1.82) is 0 Å². The molecular weight excluding hydrogens is 154 g/mol. The molecular formula is C9H13NO2. The predicted molar refractivity (Wildman–Crippen MR) is 44.8 cm³/mol. The van der Waals surface area contributed by atoms with Gasteiger partial charge in [0.15, 0.2) is 0 Å². The van der Waals surface area contributed by atoms with Crippen molar-refractivity contribution in [2.45, 2.75) is 6.42 Å². The largest absolute Gasteiger partial charge is 0.396 e. The van der Waals surface area contributed by atoms with Crippen molar-refractivity contribution in [2.24, 2.45) is 5.41 Å². The molecule has 2 heterocycles. The van der Waals surface area contributed by atoms with E-state index in [4.69, 9.17) is 9.84 Å². The zero-order valence-corrected chi connectivity index (χ0v) is 6.92. The van der Waals surface area contributed by atoms with Crippen molar-refractivity contribution in [1.82, 2.24) is 4.98 Å². The summed E-state index contributed by atoms with van der Waals surface area (Å²) in [5, 5.41) is 9.14. The number of hydrogen-bond acceptors (Lipinski definition) is 2. The van der Waals surface area contributed by atoms with Gasteiger partial charge in [-0.05, 0) is 18.6 Å². The van der Waals surface area contributed by atoms with Gasteiger partial charge < -0.3 is 14.8 Å². The van der Waals surface area contributed by atoms with Crippen molar-refractivity contribution >= 4 is 0 Å². The fourth-order valence-corrected chi connectivity index (χ4v) is 1.52. The van der Waals surface area contributed by atoms with Crippen LogP contribution in [0.2, 0.25) is 0 Å². The van der Waals surface area contributed by atoms with Crippen LogP contribution in [0.25, 0.3) is 0 Å². The lowest BCUT2D eigenvalue weighted by Crippen LogP contribution is -2.47. The summed E-state index contributed by atoms with van der Waals surface area (Å²) in [6, 6.07) is 4.01. The normalized spacial score (nSPS) is 20.4. The van der Waals surface area contributed by atoms with E-state index in [2.05, 4.69) is 4.98 Å². The molecule has 0 bridgehead atoms. The van der Waals surface area contributed by atoms with Gasteiger partial charge in [0, 0.05) is 17.3 Å². The number of H-pyrrole nitrogens is 1. The molecule has 0 unspecified atom stereocenters. The van der Waals surface area contributed by atoms with Crippen LogP contribution in [0.4, 0.5) is 0 Å². The van der Waals surface area contributed by atoms with Gasteiger partial charge in [0.25, 0.3) is 0 Å². The van der Waals surface area contributed by atoms with Crippen molar-refractivity contribution in [2.75, 3.05) is 19.8 Å². The number of aromatic nitrogens is 1. The van der Waals surface area contributed by atoms with Crippen molar-refractivity contribution in [3.8, 4) is 0 Å². The summed E-state index contributed by atoms with van der Waals surface area (Å²) in [4.78, 5) is 3.13. The smallest absolute Gasteiger partial charge is 0.0570 e. The van der Waals surface area contributed by atoms with Crippen LogP contribution in [-0.4, -0.2) is 29.9 Å². The number of aromatic amines is 1. The van der Waals surface area contributed by atoms with E-state index < -0.39 is 0 Å². The van der Waals surface area contributed by atoms with E-state index in [-0.39, 0.29) is 12.0 Å². The average Bonchev–Trinajstić information content (AvgIpc) is 2.49. The van der Waals surface area contributed by atoms with Crippen LogP contribution in [0, 0.1) is 5.41 Å². The molecule has 0 atom stereocenters. The molecule has 0 radical (unpaired) electrons. The van der Waals surface area contributed by atoms with Gasteiger partial charge in [0.2, 0.25) is 0 Å². The lowest BCUT2D eigenvalue weighted by atomic mass is 9.82. The van der Waals surface area contributed by atoms with E-state index in [9.17, 15) is 0 Å². The Labute approximate surface area is 71.4 Å². The van der Waals surface area contributed by atoms with Gasteiger partial charge in [-0.2, -0.15) is 0 Å². The monoisotopic (exact) mass is 167 g/mol. The quantitative estimate of drug-likeness (QED) is 0.691. The number of hydrogen-bond donors (Lipinski definition) is 2. The first-order valence-electron chi connectivity index (χ1n) is 4.16. The SMILES string of the molecule is OCC1(Cc2ccc[nH]2)COC1. The molecule has 2 N–H and O–H groups in total. The Kier molecular flexibility index (Phi) is 1.90. The lowest BCUT2D eigenvalue weighted by molar-refractivity contribution is -0.136. The van der Waals surface area contributed by atoms with E-state index in [1.807, 2.05) is 18.3 Å². The van der Waals surface area contributed by atoms with Gasteiger partial charge in [0.1, 0.15) is 0 Å². The molecule has 1 aliphatic rings. The molecule has 0 aromatic carbocycles. The summed E-state index contributed by atoms with van der Waals surface area (Å²) < 4.78 is 5.10. The molecule has 0 aliphatic carbocycles. The maximum absolute atomic E-state index is 9.14. The molecule has 12 heavy (non-hydrogen) atoms. The van der Waals surface area contributed by atoms with Gasteiger partial charge in [-0.3, -0.25) is 0 Å². The summed E-state index contributed by atoms with van der Waals surface area (Å²) in [6.45, 7) is 1.58. The van der Waals surface area contributed by atoms with Crippen LogP contribution in [-0.2, 0) is 11.2 Å². The average molecular weight is 167 g/mol. The van der Waals surface area contributed by atoms with Crippen molar-refractivity contribution < 1.29 is 9.84 Å². The Morgan fingerprint density at radius 1 is 1.58 bits per heavy atom. The Morgan fingerprint density at radius 2 is 2.42 bits per heavy atom. The van der Waals surface area contributed by atoms with Crippen LogP contribution >= 0.6 is 0 Å². The highest BCUT2D eigenvalue weighted by molar-refractivity contribution is 5.08. The number of aliphatic hydroxyl groups is 1. The molecule has 66 valence electrons. The van der Waals surface area contributed by atoms with Gasteiger partial charge >= 0.3 is 0 Å². The maximum atomic E-state index is 9.14. The summed E-state index contributed by atoms with van der Waals surface area (Å²) in [5.41, 5.74) is 1.16. The molecule has 0 saturated carbocycles. The summed E-state index contributed by atoms with van der Waals surface area (Å²) in [7, 11) is 0. The number of rotatable bonds is 3. The van der Waals surface area contributed by atoms with E-state index in [1.54, 1.807) is 0 Å². The maximum Gasteiger partial charge on any atom is 0.0570 e. The molecule has 3 heteroatoms. The number of ether oxygens (including phenoxy) is 1. The van der Waals surface area contributed by atoms with Gasteiger partial charge in [0.05, 0.1) is 19.8 Å². The van der Waals surface area contributed by atoms with Crippen molar-refractivity contribution in [3.05, 3.63) is 24.0 Å². The molecule has 3 nitrogen and oxygen atoms in total. The van der Waals surface area contributed by atoms with Crippen LogP contribution in [0.15, 0.2) is 18.3 Å². The van der Waals surface area contributed by atoms with Crippen LogP contribution in [0.5, 0.6) is 0 Å². The lowest BCUT2D eigenvalue weighted by Gasteiger charge is -2.39. The van der Waals surface area contributed by atoms with Crippen LogP contribution in [0.1, 0.15) is 5.69 Å². The summed E-state index contributed by atoms with van der Waals surface area (Å²) in [5.74, 6) is 0. The standard InChI is InChI=1S/C9H13NO2/c11-5-9(6-12-7-9)4-8-2-1-3-10-8/h1-3,10-11H,4-7H2. The second-order valence-electron chi connectivity index (χ2n) is 3.52. The van der Waals surface area contributed by atoms with Crippen LogP contribution in [0.3, 0.4) is 0 Å². The second-order valence-corrected chi connectivity index (χ2v) is 3.52. The molecule has 1 aromatic rings. The highest BCUT2D eigenvalue weighted by Crippen LogP contribution is 2.30. The third-order valence-electron chi connectivity index (χ3n) is 2.38. The van der Waals surface area contributed by atoms with E-state index in [0.29, 0.717) is 13.2 Å². The number of nitrogens with one attached hydrogen (secondary N) is 1. The first-order valence-corrected chi connectivity index (χ1v) is 4.16. The van der Waals surface area contributed by atoms with E-state index >= 15 is 0 Å². The second kappa shape index (κ2) is 2.92. The van der Waals surface area contributed by atoms with Gasteiger partial charge in [-0.25, -0.2) is 0 Å². The highest BCUT2D eigenvalue weighted by atomic mass is 16.5. The fraction of sp³-hybridized carbons (Fsp3) is 0.556. The molecule has 1 aliphatic heterocycles. The molecule has 1 fully saturated rings. The zero-order valence-electron chi connectivity index (χ0n) is 6.92. The summed E-state index contributed by atoms with van der Waals surface area (Å²) in [6.07, 6.45) is 2.79. The predicted octanol–water partition coefficient (Wildman–Crippen LogP) is 0.566.